The lowest BCUT2D eigenvalue weighted by Gasteiger charge is -2.35. The average Bonchev–Trinajstić information content (AvgIpc) is 3.09. The van der Waals surface area contributed by atoms with E-state index in [-0.39, 0.29) is 5.91 Å². The van der Waals surface area contributed by atoms with Gasteiger partial charge in [0.25, 0.3) is 0 Å². The number of hydrogen-bond acceptors (Lipinski definition) is 5. The lowest BCUT2D eigenvalue weighted by molar-refractivity contribution is -0.122. The van der Waals surface area contributed by atoms with Crippen molar-refractivity contribution in [3.05, 3.63) is 24.4 Å². The molecule has 1 aliphatic heterocycles. The number of piperazine rings is 1. The minimum Gasteiger partial charge on any atom is -0.354 e. The summed E-state index contributed by atoms with van der Waals surface area (Å²) in [6, 6.07) is 6.44. The number of pyridine rings is 1. The number of amides is 1. The first-order valence-corrected chi connectivity index (χ1v) is 10.2. The molecule has 1 saturated heterocycles. The first kappa shape index (κ1) is 17.5. The molecule has 5 nitrogen and oxygen atoms in total. The number of nitrogens with one attached hydrogen (secondary N) is 1. The number of carbonyl (C=O) groups excluding carboxylic acids is 1. The van der Waals surface area contributed by atoms with E-state index in [0.717, 1.165) is 56.6 Å². The SMILES string of the molecule is CS[C@H]1CC[C@H](NC(=O)CCN2CCN(c3ccccn3)CC2)C1. The minimum atomic E-state index is 0.217. The van der Waals surface area contributed by atoms with Crippen molar-refractivity contribution < 1.29 is 4.79 Å². The van der Waals surface area contributed by atoms with Crippen LogP contribution in [-0.2, 0) is 4.79 Å². The third kappa shape index (κ3) is 4.86. The third-order valence-electron chi connectivity index (χ3n) is 5.08. The van der Waals surface area contributed by atoms with E-state index in [9.17, 15) is 4.79 Å². The van der Waals surface area contributed by atoms with Gasteiger partial charge in [0.2, 0.25) is 5.91 Å². The van der Waals surface area contributed by atoms with Crippen molar-refractivity contribution in [1.29, 1.82) is 0 Å². The Kier molecular flexibility index (Phi) is 6.37. The number of thioether (sulfide) groups is 1. The zero-order valence-corrected chi connectivity index (χ0v) is 15.3. The molecular weight excluding hydrogens is 320 g/mol. The van der Waals surface area contributed by atoms with Gasteiger partial charge in [-0.25, -0.2) is 4.98 Å². The van der Waals surface area contributed by atoms with E-state index in [0.29, 0.717) is 12.5 Å². The van der Waals surface area contributed by atoms with Gasteiger partial charge in [-0.05, 0) is 37.7 Å². The highest BCUT2D eigenvalue weighted by molar-refractivity contribution is 7.99. The summed E-state index contributed by atoms with van der Waals surface area (Å²) in [5, 5.41) is 3.95. The lowest BCUT2D eigenvalue weighted by Crippen LogP contribution is -2.47. The lowest BCUT2D eigenvalue weighted by atomic mass is 10.2. The summed E-state index contributed by atoms with van der Waals surface area (Å²) < 4.78 is 0. The van der Waals surface area contributed by atoms with E-state index in [2.05, 4.69) is 32.4 Å². The van der Waals surface area contributed by atoms with Gasteiger partial charge in [-0.1, -0.05) is 6.07 Å². The minimum absolute atomic E-state index is 0.217. The number of hydrogen-bond donors (Lipinski definition) is 1. The summed E-state index contributed by atoms with van der Waals surface area (Å²) in [5.41, 5.74) is 0. The molecular formula is C18H28N4OS. The quantitative estimate of drug-likeness (QED) is 0.852. The largest absolute Gasteiger partial charge is 0.354 e. The van der Waals surface area contributed by atoms with Crippen molar-refractivity contribution >= 4 is 23.5 Å². The van der Waals surface area contributed by atoms with Crippen LogP contribution in [0.5, 0.6) is 0 Å². The van der Waals surface area contributed by atoms with E-state index in [1.807, 2.05) is 30.1 Å². The van der Waals surface area contributed by atoms with Crippen LogP contribution in [0.25, 0.3) is 0 Å². The van der Waals surface area contributed by atoms with Gasteiger partial charge in [-0.2, -0.15) is 11.8 Å². The zero-order chi connectivity index (χ0) is 16.8. The second kappa shape index (κ2) is 8.72. The molecule has 2 fully saturated rings. The maximum atomic E-state index is 12.2. The molecule has 24 heavy (non-hydrogen) atoms. The van der Waals surface area contributed by atoms with Crippen molar-refractivity contribution in [3.63, 3.8) is 0 Å². The van der Waals surface area contributed by atoms with Crippen LogP contribution in [0.15, 0.2) is 24.4 Å². The van der Waals surface area contributed by atoms with Crippen LogP contribution in [0.4, 0.5) is 5.82 Å². The number of rotatable bonds is 6. The van der Waals surface area contributed by atoms with Crippen molar-refractivity contribution in [2.75, 3.05) is 43.9 Å². The van der Waals surface area contributed by atoms with Crippen LogP contribution in [0.3, 0.4) is 0 Å². The number of anilines is 1. The fourth-order valence-electron chi connectivity index (χ4n) is 3.59. The molecule has 1 aromatic heterocycles. The van der Waals surface area contributed by atoms with Crippen LogP contribution in [0.2, 0.25) is 0 Å². The molecule has 1 amide bonds. The van der Waals surface area contributed by atoms with E-state index < -0.39 is 0 Å². The first-order chi connectivity index (χ1) is 11.7. The Bertz CT molecular complexity index is 519. The van der Waals surface area contributed by atoms with Gasteiger partial charge in [0.15, 0.2) is 0 Å². The molecule has 1 aliphatic carbocycles. The molecule has 1 aromatic rings. The first-order valence-electron chi connectivity index (χ1n) is 8.95. The van der Waals surface area contributed by atoms with Gasteiger partial charge in [-0.3, -0.25) is 9.69 Å². The molecule has 0 unspecified atom stereocenters. The van der Waals surface area contributed by atoms with Crippen molar-refractivity contribution in [2.24, 2.45) is 0 Å². The smallest absolute Gasteiger partial charge is 0.221 e. The molecule has 132 valence electrons. The van der Waals surface area contributed by atoms with Gasteiger partial charge in [-0.15, -0.1) is 0 Å². The molecule has 2 aliphatic rings. The molecule has 3 rings (SSSR count). The second-order valence-corrected chi connectivity index (χ2v) is 7.84. The van der Waals surface area contributed by atoms with E-state index >= 15 is 0 Å². The number of nitrogens with zero attached hydrogens (tertiary/aromatic N) is 3. The summed E-state index contributed by atoms with van der Waals surface area (Å²) in [6.45, 7) is 4.83. The Morgan fingerprint density at radius 3 is 2.79 bits per heavy atom. The van der Waals surface area contributed by atoms with E-state index in [4.69, 9.17) is 0 Å². The van der Waals surface area contributed by atoms with Gasteiger partial charge < -0.3 is 10.2 Å². The molecule has 1 N–H and O–H groups in total. The predicted octanol–water partition coefficient (Wildman–Crippen LogP) is 1.99. The van der Waals surface area contributed by atoms with Gasteiger partial charge in [0, 0.05) is 56.6 Å². The topological polar surface area (TPSA) is 48.5 Å². The highest BCUT2D eigenvalue weighted by Gasteiger charge is 2.25. The van der Waals surface area contributed by atoms with Gasteiger partial charge in [0.1, 0.15) is 5.82 Å². The molecule has 6 heteroatoms. The van der Waals surface area contributed by atoms with Gasteiger partial charge in [0.05, 0.1) is 0 Å². The summed E-state index contributed by atoms with van der Waals surface area (Å²) in [6.07, 6.45) is 8.14. The summed E-state index contributed by atoms with van der Waals surface area (Å²) >= 11 is 1.93. The van der Waals surface area contributed by atoms with Crippen LogP contribution in [0, 0.1) is 0 Å². The van der Waals surface area contributed by atoms with Crippen LogP contribution >= 0.6 is 11.8 Å². The fourth-order valence-corrected chi connectivity index (χ4v) is 4.38. The Morgan fingerprint density at radius 1 is 1.29 bits per heavy atom. The molecule has 1 saturated carbocycles. The maximum Gasteiger partial charge on any atom is 0.221 e. The number of carbonyl (C=O) groups is 1. The van der Waals surface area contributed by atoms with E-state index in [1.54, 1.807) is 0 Å². The van der Waals surface area contributed by atoms with Crippen molar-refractivity contribution in [3.8, 4) is 0 Å². The number of aromatic nitrogens is 1. The normalized spacial score (nSPS) is 25.0. The van der Waals surface area contributed by atoms with Crippen LogP contribution in [0.1, 0.15) is 25.7 Å². The molecule has 2 heterocycles. The Morgan fingerprint density at radius 2 is 2.12 bits per heavy atom. The van der Waals surface area contributed by atoms with Crippen LogP contribution in [-0.4, -0.2) is 66.1 Å². The maximum absolute atomic E-state index is 12.2. The molecule has 0 spiro atoms. The average molecular weight is 349 g/mol. The third-order valence-corrected chi connectivity index (χ3v) is 6.18. The highest BCUT2D eigenvalue weighted by atomic mass is 32.2. The molecule has 0 radical (unpaired) electrons. The van der Waals surface area contributed by atoms with Crippen LogP contribution < -0.4 is 10.2 Å². The standard InChI is InChI=1S/C18H28N4OS/c1-24-16-6-5-15(14-16)20-18(23)7-9-21-10-12-22(13-11-21)17-4-2-3-8-19-17/h2-4,8,15-16H,5-7,9-14H2,1H3,(H,20,23)/t15-,16-/m0/s1. The van der Waals surface area contributed by atoms with Crippen molar-refractivity contribution in [1.82, 2.24) is 15.2 Å². The Balaban J connectivity index is 1.34. The summed E-state index contributed by atoms with van der Waals surface area (Å²) in [7, 11) is 0. The van der Waals surface area contributed by atoms with E-state index in [1.165, 1.54) is 6.42 Å². The Labute approximate surface area is 149 Å². The fraction of sp³-hybridized carbons (Fsp3) is 0.667. The Hall–Kier alpha value is -1.27. The van der Waals surface area contributed by atoms with Gasteiger partial charge >= 0.3 is 0 Å². The zero-order valence-electron chi connectivity index (χ0n) is 14.5. The summed E-state index contributed by atoms with van der Waals surface area (Å²) in [4.78, 5) is 21.3. The monoisotopic (exact) mass is 348 g/mol. The predicted molar refractivity (Wildman–Crippen MR) is 101 cm³/mol. The molecule has 2 atom stereocenters. The molecule has 0 bridgehead atoms. The van der Waals surface area contributed by atoms with Crippen molar-refractivity contribution in [2.45, 2.75) is 37.0 Å². The highest BCUT2D eigenvalue weighted by Crippen LogP contribution is 2.28. The summed E-state index contributed by atoms with van der Waals surface area (Å²) in [5.74, 6) is 1.27. The molecule has 0 aromatic carbocycles. The second-order valence-electron chi connectivity index (χ2n) is 6.70.